The maximum Gasteiger partial charge on any atom is 0.224 e. The summed E-state index contributed by atoms with van der Waals surface area (Å²) in [5.74, 6) is 0.265. The molecule has 0 saturated heterocycles. The third-order valence-electron chi connectivity index (χ3n) is 4.09. The molecule has 0 radical (unpaired) electrons. The zero-order chi connectivity index (χ0) is 12.4. The third kappa shape index (κ3) is 2.38. The van der Waals surface area contributed by atoms with Crippen LogP contribution in [-0.4, -0.2) is 32.2 Å². The number of nitrogens with one attached hydrogen (secondary N) is 1. The Bertz CT molecular complexity index is 248. The molecule has 1 amide bonds. The monoisotopic (exact) mass is 228 g/mol. The number of nitrogens with two attached hydrogens (primary N) is 1. The van der Waals surface area contributed by atoms with Crippen molar-refractivity contribution >= 4 is 5.91 Å². The van der Waals surface area contributed by atoms with Gasteiger partial charge < -0.3 is 15.8 Å². The summed E-state index contributed by atoms with van der Waals surface area (Å²) in [7, 11) is 0. The molecule has 94 valence electrons. The van der Waals surface area contributed by atoms with Gasteiger partial charge in [-0.15, -0.1) is 0 Å². The molecular weight excluding hydrogens is 204 g/mol. The molecule has 0 bridgehead atoms. The normalized spacial score (nSPS) is 21.8. The highest BCUT2D eigenvalue weighted by atomic mass is 16.5. The minimum Gasteiger partial charge on any atom is -0.378 e. The average Bonchev–Trinajstić information content (AvgIpc) is 2.57. The van der Waals surface area contributed by atoms with Crippen molar-refractivity contribution in [3.63, 3.8) is 0 Å². The standard InChI is InChI=1S/C12H24N2O2/c1-11(2)9(12(11,3)4)10(15)14-6-8-16-7-5-13/h9H,5-8,13H2,1-4H3,(H,14,15). The lowest BCUT2D eigenvalue weighted by molar-refractivity contribution is -0.123. The molecule has 0 aromatic rings. The highest BCUT2D eigenvalue weighted by Crippen LogP contribution is 2.68. The molecule has 0 aromatic carbocycles. The second-order valence-electron chi connectivity index (χ2n) is 5.57. The molecule has 1 aliphatic carbocycles. The van der Waals surface area contributed by atoms with Gasteiger partial charge in [0.2, 0.25) is 5.91 Å². The van der Waals surface area contributed by atoms with E-state index >= 15 is 0 Å². The summed E-state index contributed by atoms with van der Waals surface area (Å²) in [6.45, 7) is 10.7. The summed E-state index contributed by atoms with van der Waals surface area (Å²) < 4.78 is 5.20. The van der Waals surface area contributed by atoms with Crippen LogP contribution >= 0.6 is 0 Å². The molecule has 0 aromatic heterocycles. The topological polar surface area (TPSA) is 64.3 Å². The summed E-state index contributed by atoms with van der Waals surface area (Å²) >= 11 is 0. The van der Waals surface area contributed by atoms with E-state index in [0.717, 1.165) is 0 Å². The minimum atomic E-state index is 0.106. The van der Waals surface area contributed by atoms with Crippen molar-refractivity contribution in [2.75, 3.05) is 26.3 Å². The number of hydrogen-bond donors (Lipinski definition) is 2. The van der Waals surface area contributed by atoms with E-state index in [4.69, 9.17) is 10.5 Å². The number of carbonyl (C=O) groups is 1. The van der Waals surface area contributed by atoms with Gasteiger partial charge in [0, 0.05) is 19.0 Å². The predicted molar refractivity (Wildman–Crippen MR) is 63.9 cm³/mol. The lowest BCUT2D eigenvalue weighted by Crippen LogP contribution is -2.30. The zero-order valence-electron chi connectivity index (χ0n) is 10.8. The second-order valence-corrected chi connectivity index (χ2v) is 5.57. The highest BCUT2D eigenvalue weighted by Gasteiger charge is 2.68. The van der Waals surface area contributed by atoms with Crippen molar-refractivity contribution in [2.45, 2.75) is 27.7 Å². The maximum atomic E-state index is 11.9. The van der Waals surface area contributed by atoms with Crippen LogP contribution in [0.3, 0.4) is 0 Å². The molecule has 1 fully saturated rings. The van der Waals surface area contributed by atoms with E-state index in [1.54, 1.807) is 0 Å². The van der Waals surface area contributed by atoms with Gasteiger partial charge in [0.1, 0.15) is 0 Å². The zero-order valence-corrected chi connectivity index (χ0v) is 10.8. The first-order chi connectivity index (χ1) is 7.35. The lowest BCUT2D eigenvalue weighted by atomic mass is 10.0. The Balaban J connectivity index is 2.23. The van der Waals surface area contributed by atoms with Gasteiger partial charge in [-0.1, -0.05) is 27.7 Å². The van der Waals surface area contributed by atoms with Crippen LogP contribution in [0.1, 0.15) is 27.7 Å². The molecule has 1 rings (SSSR count). The SMILES string of the molecule is CC1(C)C(C(=O)NCCOCCN)C1(C)C. The molecular formula is C12H24N2O2. The Kier molecular flexibility index (Phi) is 3.97. The first-order valence-electron chi connectivity index (χ1n) is 5.91. The molecule has 4 heteroatoms. The van der Waals surface area contributed by atoms with Crippen molar-refractivity contribution in [1.82, 2.24) is 5.32 Å². The van der Waals surface area contributed by atoms with E-state index in [0.29, 0.717) is 26.3 Å². The van der Waals surface area contributed by atoms with E-state index in [2.05, 4.69) is 33.0 Å². The fourth-order valence-electron chi connectivity index (χ4n) is 2.39. The number of amides is 1. The van der Waals surface area contributed by atoms with Gasteiger partial charge in [0.15, 0.2) is 0 Å². The summed E-state index contributed by atoms with van der Waals surface area (Å²) in [6.07, 6.45) is 0. The van der Waals surface area contributed by atoms with Gasteiger partial charge in [0.25, 0.3) is 0 Å². The molecule has 0 heterocycles. The first-order valence-corrected chi connectivity index (χ1v) is 5.91. The van der Waals surface area contributed by atoms with Crippen LogP contribution in [0.15, 0.2) is 0 Å². The maximum absolute atomic E-state index is 11.9. The van der Waals surface area contributed by atoms with Crippen molar-refractivity contribution in [1.29, 1.82) is 0 Å². The van der Waals surface area contributed by atoms with Crippen LogP contribution in [-0.2, 0) is 9.53 Å². The number of ether oxygens (including phenoxy) is 1. The summed E-state index contributed by atoms with van der Waals surface area (Å²) in [6, 6.07) is 0. The molecule has 3 N–H and O–H groups in total. The minimum absolute atomic E-state index is 0.106. The van der Waals surface area contributed by atoms with E-state index < -0.39 is 0 Å². The molecule has 4 nitrogen and oxygen atoms in total. The Morgan fingerprint density at radius 1 is 1.25 bits per heavy atom. The predicted octanol–water partition coefficient (Wildman–Crippen LogP) is 0.760. The van der Waals surface area contributed by atoms with Gasteiger partial charge in [-0.05, 0) is 10.8 Å². The average molecular weight is 228 g/mol. The molecule has 1 saturated carbocycles. The van der Waals surface area contributed by atoms with Crippen LogP contribution in [0.2, 0.25) is 0 Å². The Hall–Kier alpha value is -0.610. The van der Waals surface area contributed by atoms with Crippen molar-refractivity contribution in [3.05, 3.63) is 0 Å². The quantitative estimate of drug-likeness (QED) is 0.660. The number of carbonyl (C=O) groups excluding carboxylic acids is 1. The van der Waals surface area contributed by atoms with E-state index in [1.165, 1.54) is 0 Å². The van der Waals surface area contributed by atoms with Gasteiger partial charge >= 0.3 is 0 Å². The lowest BCUT2D eigenvalue weighted by Gasteiger charge is -2.06. The van der Waals surface area contributed by atoms with Crippen molar-refractivity contribution in [3.8, 4) is 0 Å². The number of rotatable bonds is 6. The van der Waals surface area contributed by atoms with Gasteiger partial charge in [-0.25, -0.2) is 0 Å². The first kappa shape index (κ1) is 13.5. The third-order valence-corrected chi connectivity index (χ3v) is 4.09. The van der Waals surface area contributed by atoms with Crippen LogP contribution in [0.5, 0.6) is 0 Å². The van der Waals surface area contributed by atoms with Gasteiger partial charge in [0.05, 0.1) is 13.2 Å². The van der Waals surface area contributed by atoms with Crippen molar-refractivity contribution in [2.24, 2.45) is 22.5 Å². The largest absolute Gasteiger partial charge is 0.378 e. The van der Waals surface area contributed by atoms with E-state index in [9.17, 15) is 4.79 Å². The molecule has 0 aliphatic heterocycles. The summed E-state index contributed by atoms with van der Waals surface area (Å²) in [5.41, 5.74) is 5.50. The molecule has 0 atom stereocenters. The number of hydrogen-bond acceptors (Lipinski definition) is 3. The van der Waals surface area contributed by atoms with Crippen molar-refractivity contribution < 1.29 is 9.53 Å². The fourth-order valence-corrected chi connectivity index (χ4v) is 2.39. The van der Waals surface area contributed by atoms with E-state index in [1.807, 2.05) is 0 Å². The fraction of sp³-hybridized carbons (Fsp3) is 0.917. The smallest absolute Gasteiger partial charge is 0.224 e. The highest BCUT2D eigenvalue weighted by molar-refractivity contribution is 5.84. The Morgan fingerprint density at radius 2 is 1.81 bits per heavy atom. The molecule has 16 heavy (non-hydrogen) atoms. The van der Waals surface area contributed by atoms with E-state index in [-0.39, 0.29) is 22.7 Å². The Morgan fingerprint density at radius 3 is 2.25 bits per heavy atom. The van der Waals surface area contributed by atoms with Crippen LogP contribution in [0.4, 0.5) is 0 Å². The Labute approximate surface area is 97.9 Å². The second kappa shape index (κ2) is 4.72. The van der Waals surface area contributed by atoms with Crippen LogP contribution in [0, 0.1) is 16.7 Å². The molecule has 0 spiro atoms. The van der Waals surface area contributed by atoms with Gasteiger partial charge in [-0.2, -0.15) is 0 Å². The summed E-state index contributed by atoms with van der Waals surface area (Å²) in [5, 5.41) is 2.91. The molecule has 1 aliphatic rings. The summed E-state index contributed by atoms with van der Waals surface area (Å²) in [4.78, 5) is 11.9. The molecule has 0 unspecified atom stereocenters. The van der Waals surface area contributed by atoms with Crippen LogP contribution < -0.4 is 11.1 Å². The van der Waals surface area contributed by atoms with Gasteiger partial charge in [-0.3, -0.25) is 4.79 Å². The van der Waals surface area contributed by atoms with Crippen LogP contribution in [0.25, 0.3) is 0 Å².